The summed E-state index contributed by atoms with van der Waals surface area (Å²) >= 11 is 0. The SMILES string of the molecule is CCCCCCCCCCCCCCCC(n1cc[n+](C)c1)C(C)(Cc1ccccc1)c1ccccc1. The lowest BCUT2D eigenvalue weighted by molar-refractivity contribution is -0.671. The number of aromatic nitrogens is 2. The summed E-state index contributed by atoms with van der Waals surface area (Å²) in [6, 6.07) is 22.7. The largest absolute Gasteiger partial charge is 0.243 e. The molecule has 2 nitrogen and oxygen atoms in total. The summed E-state index contributed by atoms with van der Waals surface area (Å²) in [5, 5.41) is 0. The summed E-state index contributed by atoms with van der Waals surface area (Å²) in [7, 11) is 2.13. The van der Waals surface area contributed by atoms with Crippen LogP contribution in [0.1, 0.15) is 121 Å². The quantitative estimate of drug-likeness (QED) is 0.114. The van der Waals surface area contributed by atoms with Gasteiger partial charge in [0, 0.05) is 5.41 Å². The Bertz CT molecular complexity index is 961. The van der Waals surface area contributed by atoms with E-state index >= 15 is 0 Å². The van der Waals surface area contributed by atoms with Gasteiger partial charge in [-0.1, -0.05) is 152 Å². The fourth-order valence-electron chi connectivity index (χ4n) is 6.06. The first-order chi connectivity index (χ1) is 18.1. The minimum Gasteiger partial charge on any atom is -0.240 e. The maximum Gasteiger partial charge on any atom is 0.243 e. The van der Waals surface area contributed by atoms with Gasteiger partial charge in [-0.15, -0.1) is 0 Å². The third-order valence-electron chi connectivity index (χ3n) is 8.31. The molecule has 0 aliphatic heterocycles. The fourth-order valence-corrected chi connectivity index (χ4v) is 6.06. The number of rotatable bonds is 19. The van der Waals surface area contributed by atoms with E-state index in [4.69, 9.17) is 0 Å². The Balaban J connectivity index is 1.55. The molecule has 0 amide bonds. The predicted molar refractivity (Wildman–Crippen MR) is 159 cm³/mol. The van der Waals surface area contributed by atoms with Gasteiger partial charge in [0.05, 0.1) is 7.05 Å². The lowest BCUT2D eigenvalue weighted by atomic mass is 9.70. The minimum absolute atomic E-state index is 0.0196. The Labute approximate surface area is 228 Å². The second kappa shape index (κ2) is 16.5. The minimum atomic E-state index is 0.0196. The molecule has 0 saturated heterocycles. The zero-order valence-corrected chi connectivity index (χ0v) is 24.1. The summed E-state index contributed by atoms with van der Waals surface area (Å²) in [6.07, 6.45) is 27.2. The third kappa shape index (κ3) is 9.80. The molecular weight excluding hydrogens is 448 g/mol. The van der Waals surface area contributed by atoms with E-state index in [0.717, 1.165) is 6.42 Å². The number of imidazole rings is 1. The highest BCUT2D eigenvalue weighted by Gasteiger charge is 2.40. The number of hydrogen-bond donors (Lipinski definition) is 0. The Kier molecular flexibility index (Phi) is 13.0. The maximum atomic E-state index is 2.49. The van der Waals surface area contributed by atoms with Crippen molar-refractivity contribution in [3.8, 4) is 0 Å². The van der Waals surface area contributed by atoms with Crippen LogP contribution in [0, 0.1) is 0 Å². The monoisotopic (exact) mass is 501 g/mol. The number of aryl methyl sites for hydroxylation is 1. The van der Waals surface area contributed by atoms with Crippen LogP contribution in [-0.2, 0) is 18.9 Å². The van der Waals surface area contributed by atoms with Gasteiger partial charge in [0.15, 0.2) is 0 Å². The molecule has 1 aromatic heterocycles. The van der Waals surface area contributed by atoms with Crippen molar-refractivity contribution in [2.24, 2.45) is 7.05 Å². The van der Waals surface area contributed by atoms with Gasteiger partial charge in [-0.25, -0.2) is 9.13 Å². The Morgan fingerprint density at radius 1 is 0.703 bits per heavy atom. The first-order valence-corrected chi connectivity index (χ1v) is 15.3. The molecule has 202 valence electrons. The van der Waals surface area contributed by atoms with Crippen molar-refractivity contribution in [1.29, 1.82) is 0 Å². The van der Waals surface area contributed by atoms with Crippen LogP contribution in [0.5, 0.6) is 0 Å². The lowest BCUT2D eigenvalue weighted by Crippen LogP contribution is -2.37. The number of benzene rings is 2. The van der Waals surface area contributed by atoms with Gasteiger partial charge in [0.25, 0.3) is 0 Å². The first-order valence-electron chi connectivity index (χ1n) is 15.3. The Morgan fingerprint density at radius 2 is 1.22 bits per heavy atom. The van der Waals surface area contributed by atoms with Crippen molar-refractivity contribution in [2.45, 2.75) is 122 Å². The van der Waals surface area contributed by atoms with E-state index in [-0.39, 0.29) is 5.41 Å². The van der Waals surface area contributed by atoms with E-state index in [0.29, 0.717) is 6.04 Å². The number of hydrogen-bond acceptors (Lipinski definition) is 0. The molecule has 1 heterocycles. The second-order valence-corrected chi connectivity index (χ2v) is 11.5. The third-order valence-corrected chi connectivity index (χ3v) is 8.31. The summed E-state index contributed by atoms with van der Waals surface area (Å²) < 4.78 is 4.67. The summed E-state index contributed by atoms with van der Waals surface area (Å²) in [4.78, 5) is 0. The van der Waals surface area contributed by atoms with Crippen LogP contribution in [0.3, 0.4) is 0 Å². The lowest BCUT2D eigenvalue weighted by Gasteiger charge is -2.37. The molecule has 0 aliphatic carbocycles. The highest BCUT2D eigenvalue weighted by molar-refractivity contribution is 5.30. The molecule has 2 atom stereocenters. The van der Waals surface area contributed by atoms with Gasteiger partial charge in [-0.2, -0.15) is 0 Å². The predicted octanol–water partition coefficient (Wildman–Crippen LogP) is 9.54. The van der Waals surface area contributed by atoms with Crippen molar-refractivity contribution in [3.05, 3.63) is 90.5 Å². The molecule has 2 unspecified atom stereocenters. The first kappa shape index (κ1) is 29.2. The summed E-state index contributed by atoms with van der Waals surface area (Å²) in [5.41, 5.74) is 2.88. The van der Waals surface area contributed by atoms with Gasteiger partial charge in [-0.3, -0.25) is 0 Å². The molecule has 37 heavy (non-hydrogen) atoms. The van der Waals surface area contributed by atoms with Crippen LogP contribution in [0.15, 0.2) is 79.4 Å². The number of unbranched alkanes of at least 4 members (excludes halogenated alkanes) is 12. The van der Waals surface area contributed by atoms with Gasteiger partial charge in [0.1, 0.15) is 18.4 Å². The van der Waals surface area contributed by atoms with Crippen LogP contribution >= 0.6 is 0 Å². The average Bonchev–Trinajstić information content (AvgIpc) is 3.35. The second-order valence-electron chi connectivity index (χ2n) is 11.5. The van der Waals surface area contributed by atoms with Crippen LogP contribution in [0.25, 0.3) is 0 Å². The molecule has 2 aromatic carbocycles. The van der Waals surface area contributed by atoms with Gasteiger partial charge < -0.3 is 0 Å². The van der Waals surface area contributed by atoms with Crippen LogP contribution < -0.4 is 4.57 Å². The van der Waals surface area contributed by atoms with E-state index in [1.807, 2.05) is 0 Å². The van der Waals surface area contributed by atoms with Gasteiger partial charge >= 0.3 is 0 Å². The highest BCUT2D eigenvalue weighted by Crippen LogP contribution is 2.41. The van der Waals surface area contributed by atoms with Crippen LogP contribution in [-0.4, -0.2) is 4.57 Å². The van der Waals surface area contributed by atoms with Crippen molar-refractivity contribution in [2.75, 3.05) is 0 Å². The Hall–Kier alpha value is -2.35. The summed E-state index contributed by atoms with van der Waals surface area (Å²) in [6.45, 7) is 4.79. The van der Waals surface area contributed by atoms with Crippen LogP contribution in [0.2, 0.25) is 0 Å². The molecule has 0 bridgehead atoms. The van der Waals surface area contributed by atoms with Crippen molar-refractivity contribution in [1.82, 2.24) is 4.57 Å². The molecule has 3 rings (SSSR count). The smallest absolute Gasteiger partial charge is 0.240 e. The van der Waals surface area contributed by atoms with E-state index in [9.17, 15) is 0 Å². The Morgan fingerprint density at radius 3 is 1.73 bits per heavy atom. The van der Waals surface area contributed by atoms with Crippen LogP contribution in [0.4, 0.5) is 0 Å². The van der Waals surface area contributed by atoms with Crippen molar-refractivity contribution >= 4 is 0 Å². The zero-order valence-electron chi connectivity index (χ0n) is 24.1. The maximum absolute atomic E-state index is 2.49. The van der Waals surface area contributed by atoms with Gasteiger partial charge in [-0.05, 0) is 30.4 Å². The van der Waals surface area contributed by atoms with E-state index in [1.54, 1.807) is 0 Å². The van der Waals surface area contributed by atoms with E-state index in [2.05, 4.69) is 109 Å². The zero-order chi connectivity index (χ0) is 26.2. The average molecular weight is 502 g/mol. The molecule has 0 saturated carbocycles. The van der Waals surface area contributed by atoms with E-state index in [1.165, 1.54) is 101 Å². The summed E-state index contributed by atoms with van der Waals surface area (Å²) in [5.74, 6) is 0. The molecule has 0 N–H and O–H groups in total. The highest BCUT2D eigenvalue weighted by atomic mass is 15.1. The van der Waals surface area contributed by atoms with Crippen molar-refractivity contribution in [3.63, 3.8) is 0 Å². The fraction of sp³-hybridized carbons (Fsp3) is 0.571. The molecule has 3 aromatic rings. The molecular formula is C35H53N2+. The molecule has 0 aliphatic rings. The molecule has 0 radical (unpaired) electrons. The molecule has 0 fully saturated rings. The molecule has 2 heteroatoms. The topological polar surface area (TPSA) is 8.81 Å². The number of nitrogens with zero attached hydrogens (tertiary/aromatic N) is 2. The standard InChI is InChI=1S/C35H53N2/c1-4-5-6-7-8-9-10-11-12-13-14-15-22-27-34(37-29-28-36(3)31-37)35(2,33-25-20-17-21-26-33)30-32-23-18-16-19-24-32/h16-21,23-26,28-29,31,34H,4-15,22,27,30H2,1-3H3/q+1. The van der Waals surface area contributed by atoms with Gasteiger partial charge in [0.2, 0.25) is 6.33 Å². The normalized spacial score (nSPS) is 13.9. The molecule has 0 spiro atoms. The van der Waals surface area contributed by atoms with Crippen molar-refractivity contribution < 1.29 is 4.57 Å². The van der Waals surface area contributed by atoms with E-state index < -0.39 is 0 Å².